The van der Waals surface area contributed by atoms with Crippen LogP contribution in [0.3, 0.4) is 0 Å². The molecule has 4 heterocycles. The molecule has 0 amide bonds. The van der Waals surface area contributed by atoms with E-state index in [1.165, 1.54) is 12.3 Å². The Morgan fingerprint density at radius 1 is 1.17 bits per heavy atom. The molecule has 35 heavy (non-hydrogen) atoms. The van der Waals surface area contributed by atoms with Crippen LogP contribution in [0.15, 0.2) is 41.3 Å². The van der Waals surface area contributed by atoms with E-state index in [0.29, 0.717) is 34.6 Å². The molecular formula is C26H30FN7O. The molecule has 0 bridgehead atoms. The number of anilines is 2. The predicted octanol–water partition coefficient (Wildman–Crippen LogP) is 4.38. The van der Waals surface area contributed by atoms with Gasteiger partial charge in [0.1, 0.15) is 11.2 Å². The van der Waals surface area contributed by atoms with Gasteiger partial charge in [-0.3, -0.25) is 4.79 Å². The van der Waals surface area contributed by atoms with Crippen molar-refractivity contribution in [3.8, 4) is 5.82 Å². The van der Waals surface area contributed by atoms with Crippen LogP contribution in [-0.2, 0) is 18.4 Å². The number of hydrogen-bond donors (Lipinski definition) is 2. The average molecular weight is 476 g/mol. The topological polar surface area (TPSA) is 89.7 Å². The number of pyridine rings is 1. The van der Waals surface area contributed by atoms with Crippen molar-refractivity contribution in [2.75, 3.05) is 11.9 Å². The number of nitrogens with one attached hydrogen (secondary N) is 2. The fourth-order valence-corrected chi connectivity index (χ4v) is 4.46. The third-order valence-corrected chi connectivity index (χ3v) is 6.25. The van der Waals surface area contributed by atoms with Gasteiger partial charge < -0.3 is 10.6 Å². The summed E-state index contributed by atoms with van der Waals surface area (Å²) in [5.41, 5.74) is 3.26. The lowest BCUT2D eigenvalue weighted by Gasteiger charge is -2.20. The molecule has 4 aromatic rings. The van der Waals surface area contributed by atoms with Gasteiger partial charge in [0.2, 0.25) is 5.95 Å². The largest absolute Gasteiger partial charge is 0.324 e. The van der Waals surface area contributed by atoms with Crippen LogP contribution in [-0.4, -0.2) is 30.9 Å². The van der Waals surface area contributed by atoms with Gasteiger partial charge in [-0.2, -0.15) is 4.98 Å². The van der Waals surface area contributed by atoms with Gasteiger partial charge >= 0.3 is 0 Å². The Balaban J connectivity index is 1.64. The van der Waals surface area contributed by atoms with E-state index >= 15 is 0 Å². The summed E-state index contributed by atoms with van der Waals surface area (Å²) in [6, 6.07) is 9.06. The Labute approximate surface area is 203 Å². The predicted molar refractivity (Wildman–Crippen MR) is 135 cm³/mol. The van der Waals surface area contributed by atoms with E-state index in [2.05, 4.69) is 41.4 Å². The van der Waals surface area contributed by atoms with Crippen molar-refractivity contribution in [2.45, 2.75) is 59.0 Å². The van der Waals surface area contributed by atoms with Crippen LogP contribution in [0.1, 0.15) is 57.5 Å². The molecule has 5 rings (SSSR count). The summed E-state index contributed by atoms with van der Waals surface area (Å²) >= 11 is 0. The van der Waals surface area contributed by atoms with Gasteiger partial charge in [-0.25, -0.2) is 23.7 Å². The standard InChI is InChI=1S/C26H30FN7O/c1-15(2)33-24(35)19-14-29-25(30-17-11-16-9-10-28-13-18(16)20(27)12-17)32-23(19)34(33)22-8-6-7-21(31-22)26(3,4)5/h6-8,11-12,14-15,28H,9-10,13H2,1-5H3,(H,29,30,32). The first-order valence-electron chi connectivity index (χ1n) is 11.9. The maximum absolute atomic E-state index is 14.7. The summed E-state index contributed by atoms with van der Waals surface area (Å²) < 4.78 is 18.1. The van der Waals surface area contributed by atoms with Crippen LogP contribution in [0.2, 0.25) is 0 Å². The summed E-state index contributed by atoms with van der Waals surface area (Å²) in [5.74, 6) is 0.631. The summed E-state index contributed by atoms with van der Waals surface area (Å²) in [6.07, 6.45) is 2.28. The van der Waals surface area contributed by atoms with Crippen LogP contribution < -0.4 is 16.2 Å². The second kappa shape index (κ2) is 8.57. The first-order chi connectivity index (χ1) is 16.6. The van der Waals surface area contributed by atoms with Gasteiger partial charge in [0.25, 0.3) is 5.56 Å². The van der Waals surface area contributed by atoms with Crippen molar-refractivity contribution in [1.29, 1.82) is 0 Å². The molecule has 0 radical (unpaired) electrons. The quantitative estimate of drug-likeness (QED) is 0.455. The summed E-state index contributed by atoms with van der Waals surface area (Å²) in [5, 5.41) is 6.73. The monoisotopic (exact) mass is 475 g/mol. The van der Waals surface area contributed by atoms with Crippen molar-refractivity contribution < 1.29 is 4.39 Å². The zero-order chi connectivity index (χ0) is 24.9. The third kappa shape index (κ3) is 4.20. The molecular weight excluding hydrogens is 445 g/mol. The highest BCUT2D eigenvalue weighted by atomic mass is 19.1. The minimum atomic E-state index is -0.260. The minimum absolute atomic E-state index is 0.128. The SMILES string of the molecule is CC(C)n1c(=O)c2cnc(Nc3cc(F)c4c(c3)CCNC4)nc2n1-c1cccc(C(C)(C)C)n1. The Hall–Kier alpha value is -3.59. The number of halogens is 1. The highest BCUT2D eigenvalue weighted by Crippen LogP contribution is 2.26. The minimum Gasteiger partial charge on any atom is -0.324 e. The molecule has 2 N–H and O–H groups in total. The molecule has 0 unspecified atom stereocenters. The third-order valence-electron chi connectivity index (χ3n) is 6.25. The molecule has 0 saturated carbocycles. The molecule has 1 aromatic carbocycles. The molecule has 9 heteroatoms. The van der Waals surface area contributed by atoms with Crippen molar-refractivity contribution in [3.05, 3.63) is 69.5 Å². The van der Waals surface area contributed by atoms with Crippen molar-refractivity contribution in [1.82, 2.24) is 29.6 Å². The second-order valence-corrected chi connectivity index (χ2v) is 10.3. The zero-order valence-electron chi connectivity index (χ0n) is 20.7. The molecule has 1 aliphatic heterocycles. The van der Waals surface area contributed by atoms with Gasteiger partial charge in [-0.05, 0) is 56.6 Å². The van der Waals surface area contributed by atoms with E-state index in [-0.39, 0.29) is 28.8 Å². The van der Waals surface area contributed by atoms with Gasteiger partial charge in [0.15, 0.2) is 11.5 Å². The number of benzene rings is 1. The van der Waals surface area contributed by atoms with Crippen molar-refractivity contribution in [3.63, 3.8) is 0 Å². The number of rotatable bonds is 4. The fourth-order valence-electron chi connectivity index (χ4n) is 4.46. The highest BCUT2D eigenvalue weighted by molar-refractivity contribution is 5.77. The first kappa shape index (κ1) is 23.2. The Kier molecular flexibility index (Phi) is 5.67. The molecule has 3 aromatic heterocycles. The fraction of sp³-hybridized carbons (Fsp3) is 0.385. The summed E-state index contributed by atoms with van der Waals surface area (Å²) in [4.78, 5) is 27.2. The molecule has 8 nitrogen and oxygen atoms in total. The lowest BCUT2D eigenvalue weighted by atomic mass is 9.92. The first-order valence-corrected chi connectivity index (χ1v) is 11.9. The van der Waals surface area contributed by atoms with Crippen LogP contribution in [0.4, 0.5) is 16.0 Å². The Bertz CT molecular complexity index is 1480. The zero-order valence-corrected chi connectivity index (χ0v) is 20.7. The van der Waals surface area contributed by atoms with Gasteiger partial charge in [0, 0.05) is 41.1 Å². The molecule has 0 aliphatic carbocycles. The summed E-state index contributed by atoms with van der Waals surface area (Å²) in [6.45, 7) is 11.5. The normalized spacial score (nSPS) is 13.9. The Morgan fingerprint density at radius 3 is 2.71 bits per heavy atom. The van der Waals surface area contributed by atoms with Crippen LogP contribution in [0, 0.1) is 5.82 Å². The van der Waals surface area contributed by atoms with E-state index < -0.39 is 0 Å². The van der Waals surface area contributed by atoms with Gasteiger partial charge in [0.05, 0.1) is 0 Å². The maximum Gasteiger partial charge on any atom is 0.278 e. The molecule has 0 saturated heterocycles. The highest BCUT2D eigenvalue weighted by Gasteiger charge is 2.22. The Morgan fingerprint density at radius 2 is 1.97 bits per heavy atom. The maximum atomic E-state index is 14.7. The van der Waals surface area contributed by atoms with Crippen molar-refractivity contribution >= 4 is 22.7 Å². The second-order valence-electron chi connectivity index (χ2n) is 10.3. The van der Waals surface area contributed by atoms with Crippen LogP contribution in [0.5, 0.6) is 0 Å². The summed E-state index contributed by atoms with van der Waals surface area (Å²) in [7, 11) is 0. The molecule has 0 spiro atoms. The van der Waals surface area contributed by atoms with E-state index in [1.54, 1.807) is 9.36 Å². The smallest absolute Gasteiger partial charge is 0.278 e. The lowest BCUT2D eigenvalue weighted by Crippen LogP contribution is -2.25. The van der Waals surface area contributed by atoms with Gasteiger partial charge in [-0.15, -0.1) is 0 Å². The molecule has 0 fully saturated rings. The molecule has 0 atom stereocenters. The van der Waals surface area contributed by atoms with Crippen molar-refractivity contribution in [2.24, 2.45) is 0 Å². The number of aromatic nitrogens is 5. The van der Waals surface area contributed by atoms with E-state index in [0.717, 1.165) is 24.2 Å². The van der Waals surface area contributed by atoms with Crippen LogP contribution in [0.25, 0.3) is 16.9 Å². The van der Waals surface area contributed by atoms with E-state index in [1.807, 2.05) is 38.1 Å². The molecule has 182 valence electrons. The number of hydrogen-bond acceptors (Lipinski definition) is 6. The average Bonchev–Trinajstić information content (AvgIpc) is 3.10. The van der Waals surface area contributed by atoms with E-state index in [9.17, 15) is 9.18 Å². The molecule has 1 aliphatic rings. The number of nitrogens with zero attached hydrogens (tertiary/aromatic N) is 5. The number of fused-ring (bicyclic) bond motifs is 2. The van der Waals surface area contributed by atoms with Gasteiger partial charge in [-0.1, -0.05) is 26.8 Å². The van der Waals surface area contributed by atoms with Crippen LogP contribution >= 0.6 is 0 Å². The lowest BCUT2D eigenvalue weighted by molar-refractivity contribution is 0.469. The van der Waals surface area contributed by atoms with E-state index in [4.69, 9.17) is 4.98 Å².